The van der Waals surface area contributed by atoms with Gasteiger partial charge < -0.3 is 0 Å². The molecule has 0 fully saturated rings. The van der Waals surface area contributed by atoms with Crippen LogP contribution in [0.25, 0.3) is 0 Å². The lowest BCUT2D eigenvalue weighted by Gasteiger charge is -2.15. The molecule has 7 heteroatoms. The third-order valence-corrected chi connectivity index (χ3v) is 6.60. The molecule has 1 atom stereocenters. The molecular formula is C17H21NO4S2. The molecule has 0 aliphatic rings. The van der Waals surface area contributed by atoms with Crippen LogP contribution < -0.4 is 4.72 Å². The Hall–Kier alpha value is -1.70. The highest BCUT2D eigenvalue weighted by Gasteiger charge is 2.19. The smallest absolute Gasteiger partial charge is 0.224 e. The number of nitrogens with one attached hydrogen (secondary N) is 1. The number of benzene rings is 2. The lowest BCUT2D eigenvalue weighted by Crippen LogP contribution is -2.27. The van der Waals surface area contributed by atoms with Crippen LogP contribution in [0.1, 0.15) is 29.7 Å². The fourth-order valence-corrected chi connectivity index (χ4v) is 4.20. The summed E-state index contributed by atoms with van der Waals surface area (Å²) in [6.45, 7) is 5.50. The predicted molar refractivity (Wildman–Crippen MR) is 94.2 cm³/mol. The second-order valence-electron chi connectivity index (χ2n) is 5.93. The van der Waals surface area contributed by atoms with Crippen LogP contribution >= 0.6 is 0 Å². The van der Waals surface area contributed by atoms with Crippen molar-refractivity contribution in [1.82, 2.24) is 4.72 Å². The maximum Gasteiger partial charge on any atom is 0.241 e. The van der Waals surface area contributed by atoms with Gasteiger partial charge in [0.05, 0.1) is 9.79 Å². The highest BCUT2D eigenvalue weighted by molar-refractivity contribution is 7.90. The Morgan fingerprint density at radius 1 is 0.833 bits per heavy atom. The summed E-state index contributed by atoms with van der Waals surface area (Å²) in [4.78, 5) is 0.417. The zero-order valence-electron chi connectivity index (χ0n) is 14.1. The van der Waals surface area contributed by atoms with E-state index in [2.05, 4.69) is 4.72 Å². The molecule has 1 N–H and O–H groups in total. The van der Waals surface area contributed by atoms with Gasteiger partial charge in [0.25, 0.3) is 0 Å². The Bertz CT molecular complexity index is 947. The maximum atomic E-state index is 12.5. The van der Waals surface area contributed by atoms with Crippen molar-refractivity contribution in [1.29, 1.82) is 0 Å². The molecule has 0 saturated carbocycles. The number of aryl methyl sites for hydroxylation is 2. The van der Waals surface area contributed by atoms with Crippen LogP contribution in [-0.4, -0.2) is 23.1 Å². The molecular weight excluding hydrogens is 346 g/mol. The van der Waals surface area contributed by atoms with E-state index < -0.39 is 25.9 Å². The normalized spacial score (nSPS) is 13.7. The lowest BCUT2D eigenvalue weighted by molar-refractivity contribution is 0.566. The van der Waals surface area contributed by atoms with Gasteiger partial charge >= 0.3 is 0 Å². The number of hydrogen-bond donors (Lipinski definition) is 1. The molecule has 0 heterocycles. The van der Waals surface area contributed by atoms with Gasteiger partial charge in [0, 0.05) is 12.3 Å². The fourth-order valence-electron chi connectivity index (χ4n) is 2.25. The topological polar surface area (TPSA) is 80.3 Å². The van der Waals surface area contributed by atoms with E-state index in [0.717, 1.165) is 17.4 Å². The molecule has 24 heavy (non-hydrogen) atoms. The van der Waals surface area contributed by atoms with E-state index in [-0.39, 0.29) is 9.79 Å². The summed E-state index contributed by atoms with van der Waals surface area (Å²) in [6, 6.07) is 10.7. The summed E-state index contributed by atoms with van der Waals surface area (Å²) < 4.78 is 50.6. The molecule has 2 rings (SSSR count). The van der Waals surface area contributed by atoms with Crippen molar-refractivity contribution in [3.8, 4) is 0 Å². The van der Waals surface area contributed by atoms with Crippen LogP contribution in [0.3, 0.4) is 0 Å². The molecule has 0 aliphatic carbocycles. The van der Waals surface area contributed by atoms with Gasteiger partial charge in [-0.3, -0.25) is 0 Å². The molecule has 0 amide bonds. The van der Waals surface area contributed by atoms with Crippen molar-refractivity contribution in [2.24, 2.45) is 0 Å². The number of sulfone groups is 1. The summed E-state index contributed by atoms with van der Waals surface area (Å²) in [6.07, 6.45) is 1.13. The van der Waals surface area contributed by atoms with Gasteiger partial charge in [-0.2, -0.15) is 0 Å². The first kappa shape index (κ1) is 18.6. The van der Waals surface area contributed by atoms with E-state index in [0.29, 0.717) is 5.56 Å². The van der Waals surface area contributed by atoms with Gasteiger partial charge in [0.1, 0.15) is 0 Å². The number of rotatable bonds is 5. The third kappa shape index (κ3) is 4.23. The van der Waals surface area contributed by atoms with Crippen molar-refractivity contribution in [3.05, 3.63) is 59.2 Å². The van der Waals surface area contributed by atoms with Crippen molar-refractivity contribution in [2.45, 2.75) is 36.6 Å². The van der Waals surface area contributed by atoms with E-state index in [1.165, 1.54) is 12.1 Å². The van der Waals surface area contributed by atoms with Crippen LogP contribution in [0.5, 0.6) is 0 Å². The molecule has 0 bridgehead atoms. The van der Waals surface area contributed by atoms with Gasteiger partial charge in [-0.1, -0.05) is 18.2 Å². The fraction of sp³-hybridized carbons (Fsp3) is 0.294. The van der Waals surface area contributed by atoms with Gasteiger partial charge in [-0.05, 0) is 61.7 Å². The van der Waals surface area contributed by atoms with E-state index in [1.54, 1.807) is 37.3 Å². The summed E-state index contributed by atoms with van der Waals surface area (Å²) in [7, 11) is -6.92. The maximum absolute atomic E-state index is 12.5. The van der Waals surface area contributed by atoms with E-state index in [4.69, 9.17) is 0 Å². The average Bonchev–Trinajstić information content (AvgIpc) is 2.48. The second-order valence-corrected chi connectivity index (χ2v) is 9.66. The molecule has 0 aromatic heterocycles. The summed E-state index contributed by atoms with van der Waals surface area (Å²) >= 11 is 0. The average molecular weight is 367 g/mol. The van der Waals surface area contributed by atoms with E-state index in [1.807, 2.05) is 13.8 Å². The van der Waals surface area contributed by atoms with Crippen LogP contribution in [-0.2, 0) is 19.9 Å². The van der Waals surface area contributed by atoms with Gasteiger partial charge in [0.15, 0.2) is 9.84 Å². The minimum Gasteiger partial charge on any atom is -0.224 e. The Morgan fingerprint density at radius 3 is 1.88 bits per heavy atom. The SMILES string of the molecule is Cc1ccc(S(=O)(=O)NC(C)c2ccc(S(C)(=O)=O)cc2)cc1C. The minimum absolute atomic E-state index is 0.204. The molecule has 2 aromatic rings. The Balaban J connectivity index is 2.24. The van der Waals surface area contributed by atoms with Crippen LogP contribution in [0.15, 0.2) is 52.3 Å². The number of hydrogen-bond acceptors (Lipinski definition) is 4. The molecule has 0 radical (unpaired) electrons. The minimum atomic E-state index is -3.65. The van der Waals surface area contributed by atoms with Crippen LogP contribution in [0.2, 0.25) is 0 Å². The predicted octanol–water partition coefficient (Wildman–Crippen LogP) is 2.75. The highest BCUT2D eigenvalue weighted by atomic mass is 32.2. The zero-order chi connectivity index (χ0) is 18.1. The van der Waals surface area contributed by atoms with Gasteiger partial charge in [0.2, 0.25) is 10.0 Å². The largest absolute Gasteiger partial charge is 0.241 e. The first-order valence-corrected chi connectivity index (χ1v) is 10.8. The monoisotopic (exact) mass is 367 g/mol. The summed E-state index contributed by atoms with van der Waals surface area (Å²) in [5.74, 6) is 0. The Morgan fingerprint density at radius 2 is 1.38 bits per heavy atom. The standard InChI is InChI=1S/C17H21NO4S2/c1-12-5-8-17(11-13(12)2)24(21,22)18-14(3)15-6-9-16(10-7-15)23(4,19)20/h5-11,14,18H,1-4H3. The molecule has 2 aromatic carbocycles. The lowest BCUT2D eigenvalue weighted by atomic mass is 10.1. The summed E-state index contributed by atoms with van der Waals surface area (Å²) in [5, 5.41) is 0. The van der Waals surface area contributed by atoms with E-state index in [9.17, 15) is 16.8 Å². The first-order chi connectivity index (χ1) is 11.0. The van der Waals surface area contributed by atoms with Crippen molar-refractivity contribution in [3.63, 3.8) is 0 Å². The van der Waals surface area contributed by atoms with Crippen molar-refractivity contribution >= 4 is 19.9 Å². The molecule has 0 spiro atoms. The molecule has 130 valence electrons. The molecule has 1 unspecified atom stereocenters. The molecule has 5 nitrogen and oxygen atoms in total. The van der Waals surface area contributed by atoms with Crippen molar-refractivity contribution in [2.75, 3.05) is 6.26 Å². The van der Waals surface area contributed by atoms with Crippen LogP contribution in [0.4, 0.5) is 0 Å². The van der Waals surface area contributed by atoms with E-state index >= 15 is 0 Å². The zero-order valence-corrected chi connectivity index (χ0v) is 15.7. The van der Waals surface area contributed by atoms with Crippen molar-refractivity contribution < 1.29 is 16.8 Å². The second kappa shape index (κ2) is 6.66. The molecule has 0 aliphatic heterocycles. The van der Waals surface area contributed by atoms with Gasteiger partial charge in [-0.25, -0.2) is 21.6 Å². The molecule has 0 saturated heterocycles. The van der Waals surface area contributed by atoms with Gasteiger partial charge in [-0.15, -0.1) is 0 Å². The van der Waals surface area contributed by atoms with Crippen LogP contribution in [0, 0.1) is 13.8 Å². The quantitative estimate of drug-likeness (QED) is 0.881. The highest BCUT2D eigenvalue weighted by Crippen LogP contribution is 2.20. The third-order valence-electron chi connectivity index (χ3n) is 3.93. The Labute approximate surface area is 143 Å². The Kier molecular flexibility index (Phi) is 5.17. The first-order valence-electron chi connectivity index (χ1n) is 7.40. The number of sulfonamides is 1. The summed E-state index contributed by atoms with van der Waals surface area (Å²) in [5.41, 5.74) is 2.62.